The average Bonchev–Trinajstić information content (AvgIpc) is 2.35. The molecule has 0 atom stereocenters. The highest BCUT2D eigenvalue weighted by atomic mass is 79.9. The first kappa shape index (κ1) is 17.4. The molecule has 0 unspecified atom stereocenters. The van der Waals surface area contributed by atoms with Crippen LogP contribution < -0.4 is 4.72 Å². The molecule has 0 saturated carbocycles. The van der Waals surface area contributed by atoms with Crippen molar-refractivity contribution in [2.45, 2.75) is 13.3 Å². The Morgan fingerprint density at radius 3 is 2.57 bits per heavy atom. The van der Waals surface area contributed by atoms with Crippen LogP contribution >= 0.6 is 15.9 Å². The Bertz CT molecular complexity index is 643. The van der Waals surface area contributed by atoms with E-state index in [1.807, 2.05) is 0 Å². The number of ether oxygens (including phenoxy) is 1. The number of carbonyl (C=O) groups is 2. The van der Waals surface area contributed by atoms with Crippen molar-refractivity contribution >= 4 is 43.6 Å². The molecule has 0 amide bonds. The molecule has 0 heterocycles. The highest BCUT2D eigenvalue weighted by Gasteiger charge is 2.15. The Morgan fingerprint density at radius 2 is 2.00 bits per heavy atom. The largest absolute Gasteiger partial charge is 0.478 e. The summed E-state index contributed by atoms with van der Waals surface area (Å²) in [4.78, 5) is 22.0. The van der Waals surface area contributed by atoms with Crippen molar-refractivity contribution in [3.63, 3.8) is 0 Å². The van der Waals surface area contributed by atoms with Crippen molar-refractivity contribution in [2.75, 3.05) is 17.1 Å². The maximum absolute atomic E-state index is 11.8. The summed E-state index contributed by atoms with van der Waals surface area (Å²) < 4.78 is 30.9. The summed E-state index contributed by atoms with van der Waals surface area (Å²) in [5.74, 6) is -2.23. The quantitative estimate of drug-likeness (QED) is 0.699. The van der Waals surface area contributed by atoms with E-state index in [2.05, 4.69) is 25.4 Å². The number of benzene rings is 1. The molecule has 2 N–H and O–H groups in total. The molecule has 0 fully saturated rings. The predicted octanol–water partition coefficient (Wildman–Crippen LogP) is 1.84. The van der Waals surface area contributed by atoms with E-state index in [4.69, 9.17) is 5.11 Å². The normalized spacial score (nSPS) is 11.0. The van der Waals surface area contributed by atoms with Crippen LogP contribution in [0.5, 0.6) is 0 Å². The predicted molar refractivity (Wildman–Crippen MR) is 79.8 cm³/mol. The van der Waals surface area contributed by atoms with Crippen LogP contribution in [-0.2, 0) is 19.6 Å². The van der Waals surface area contributed by atoms with Gasteiger partial charge in [0, 0.05) is 4.47 Å². The second-order valence-electron chi connectivity index (χ2n) is 4.01. The molecule has 1 rings (SSSR count). The number of anilines is 1. The number of rotatable bonds is 7. The van der Waals surface area contributed by atoms with E-state index in [0.29, 0.717) is 4.47 Å². The van der Waals surface area contributed by atoms with Gasteiger partial charge in [-0.1, -0.05) is 15.9 Å². The average molecular weight is 380 g/mol. The monoisotopic (exact) mass is 379 g/mol. The molecule has 0 aliphatic rings. The zero-order chi connectivity index (χ0) is 16.0. The molecule has 0 spiro atoms. The van der Waals surface area contributed by atoms with E-state index < -0.39 is 27.7 Å². The molecule has 0 aliphatic carbocycles. The summed E-state index contributed by atoms with van der Waals surface area (Å²) in [7, 11) is -3.77. The van der Waals surface area contributed by atoms with E-state index in [1.54, 1.807) is 6.92 Å². The van der Waals surface area contributed by atoms with Crippen molar-refractivity contribution in [1.82, 2.24) is 0 Å². The Hall–Kier alpha value is -1.61. The number of halogens is 1. The number of aromatic carboxylic acids is 1. The standard InChI is InChI=1S/C12H14BrNO6S/c1-2-20-11(15)3-4-21(18,19)14-10-6-8(12(16)17)5-9(13)7-10/h5-7,14H,2-4H2,1H3,(H,16,17). The van der Waals surface area contributed by atoms with Gasteiger partial charge < -0.3 is 9.84 Å². The fourth-order valence-corrected chi connectivity index (χ4v) is 2.96. The van der Waals surface area contributed by atoms with Crippen LogP contribution in [0.3, 0.4) is 0 Å². The summed E-state index contributed by atoms with van der Waals surface area (Å²) in [6, 6.07) is 3.96. The zero-order valence-electron chi connectivity index (χ0n) is 11.1. The van der Waals surface area contributed by atoms with Crippen molar-refractivity contribution in [3.8, 4) is 0 Å². The molecule has 1 aromatic rings. The number of nitrogens with one attached hydrogen (secondary N) is 1. The van der Waals surface area contributed by atoms with Crippen LogP contribution in [0.15, 0.2) is 22.7 Å². The van der Waals surface area contributed by atoms with Crippen molar-refractivity contribution in [2.24, 2.45) is 0 Å². The van der Waals surface area contributed by atoms with E-state index >= 15 is 0 Å². The molecule has 21 heavy (non-hydrogen) atoms. The van der Waals surface area contributed by atoms with Gasteiger partial charge in [0.2, 0.25) is 10.0 Å². The molecular weight excluding hydrogens is 366 g/mol. The first-order chi connectivity index (χ1) is 9.73. The van der Waals surface area contributed by atoms with E-state index in [0.717, 1.165) is 0 Å². The van der Waals surface area contributed by atoms with Gasteiger partial charge in [0.25, 0.3) is 0 Å². The van der Waals surface area contributed by atoms with Gasteiger partial charge in [-0.05, 0) is 25.1 Å². The summed E-state index contributed by atoms with van der Waals surface area (Å²) in [6.45, 7) is 1.81. The van der Waals surface area contributed by atoms with Gasteiger partial charge in [-0.25, -0.2) is 13.2 Å². The maximum Gasteiger partial charge on any atom is 0.335 e. The van der Waals surface area contributed by atoms with E-state index in [-0.39, 0.29) is 24.3 Å². The molecule has 9 heteroatoms. The van der Waals surface area contributed by atoms with E-state index in [1.165, 1.54) is 18.2 Å². The number of esters is 1. The minimum atomic E-state index is -3.77. The number of carboxylic acids is 1. The zero-order valence-corrected chi connectivity index (χ0v) is 13.5. The molecule has 1 aromatic carbocycles. The Balaban J connectivity index is 2.80. The lowest BCUT2D eigenvalue weighted by atomic mass is 10.2. The van der Waals surface area contributed by atoms with Crippen LogP contribution in [0.2, 0.25) is 0 Å². The second kappa shape index (κ2) is 7.41. The Morgan fingerprint density at radius 1 is 1.33 bits per heavy atom. The maximum atomic E-state index is 11.8. The number of carbonyl (C=O) groups excluding carboxylic acids is 1. The van der Waals surface area contributed by atoms with Crippen LogP contribution in [0.25, 0.3) is 0 Å². The van der Waals surface area contributed by atoms with Crippen molar-refractivity contribution in [1.29, 1.82) is 0 Å². The fraction of sp³-hybridized carbons (Fsp3) is 0.333. The number of carboxylic acid groups (broad SMARTS) is 1. The number of sulfonamides is 1. The number of hydrogen-bond acceptors (Lipinski definition) is 5. The lowest BCUT2D eigenvalue weighted by molar-refractivity contribution is -0.142. The smallest absolute Gasteiger partial charge is 0.335 e. The molecule has 0 radical (unpaired) electrons. The minimum absolute atomic E-state index is 0.0625. The summed E-state index contributed by atoms with van der Waals surface area (Å²) in [5, 5.41) is 8.91. The van der Waals surface area contributed by atoms with Gasteiger partial charge in [0.05, 0.1) is 30.0 Å². The summed E-state index contributed by atoms with van der Waals surface area (Å²) in [6.07, 6.45) is -0.275. The van der Waals surface area contributed by atoms with Crippen LogP contribution in [0.4, 0.5) is 5.69 Å². The van der Waals surface area contributed by atoms with Gasteiger partial charge in [0.15, 0.2) is 0 Å². The molecule has 0 aromatic heterocycles. The van der Waals surface area contributed by atoms with Gasteiger partial charge in [-0.15, -0.1) is 0 Å². The molecular formula is C12H14BrNO6S. The third-order valence-corrected chi connectivity index (χ3v) is 4.04. The van der Waals surface area contributed by atoms with Crippen molar-refractivity contribution in [3.05, 3.63) is 28.2 Å². The first-order valence-electron chi connectivity index (χ1n) is 5.93. The van der Waals surface area contributed by atoms with Crippen LogP contribution in [0.1, 0.15) is 23.7 Å². The summed E-state index contributed by atoms with van der Waals surface area (Å²) >= 11 is 3.10. The molecule has 116 valence electrons. The summed E-state index contributed by atoms with van der Waals surface area (Å²) in [5.41, 5.74) is 0.0399. The molecule has 0 bridgehead atoms. The molecule has 0 aliphatic heterocycles. The lowest BCUT2D eigenvalue weighted by Crippen LogP contribution is -2.20. The fourth-order valence-electron chi connectivity index (χ4n) is 1.45. The van der Waals surface area contributed by atoms with Gasteiger partial charge in [-0.3, -0.25) is 9.52 Å². The highest BCUT2D eigenvalue weighted by Crippen LogP contribution is 2.21. The third kappa shape index (κ3) is 6.13. The van der Waals surface area contributed by atoms with Crippen LogP contribution in [0, 0.1) is 0 Å². The van der Waals surface area contributed by atoms with Crippen molar-refractivity contribution < 1.29 is 27.9 Å². The van der Waals surface area contributed by atoms with Gasteiger partial charge in [0.1, 0.15) is 0 Å². The minimum Gasteiger partial charge on any atom is -0.478 e. The SMILES string of the molecule is CCOC(=O)CCS(=O)(=O)Nc1cc(Br)cc(C(=O)O)c1. The molecule has 0 saturated heterocycles. The number of hydrogen-bond donors (Lipinski definition) is 2. The Kier molecular flexibility index (Phi) is 6.16. The van der Waals surface area contributed by atoms with E-state index in [9.17, 15) is 18.0 Å². The topological polar surface area (TPSA) is 110 Å². The lowest BCUT2D eigenvalue weighted by Gasteiger charge is -2.09. The third-order valence-electron chi connectivity index (χ3n) is 2.30. The van der Waals surface area contributed by atoms with Gasteiger partial charge >= 0.3 is 11.9 Å². The second-order valence-corrected chi connectivity index (χ2v) is 6.77. The highest BCUT2D eigenvalue weighted by molar-refractivity contribution is 9.10. The van der Waals surface area contributed by atoms with Crippen LogP contribution in [-0.4, -0.2) is 37.8 Å². The first-order valence-corrected chi connectivity index (χ1v) is 8.38. The Labute approximate surface area is 130 Å². The van der Waals surface area contributed by atoms with Gasteiger partial charge in [-0.2, -0.15) is 0 Å². The molecule has 7 nitrogen and oxygen atoms in total.